The molecule has 1 saturated carbocycles. The van der Waals surface area contributed by atoms with Crippen LogP contribution in [0.15, 0.2) is 18.2 Å². The van der Waals surface area contributed by atoms with E-state index in [0.29, 0.717) is 11.4 Å². The Morgan fingerprint density at radius 3 is 2.71 bits per heavy atom. The van der Waals surface area contributed by atoms with Crippen LogP contribution >= 0.6 is 0 Å². The lowest BCUT2D eigenvalue weighted by molar-refractivity contribution is -0.140. The van der Waals surface area contributed by atoms with Crippen LogP contribution in [-0.2, 0) is 9.59 Å². The number of methoxy groups -OCH3 is 1. The summed E-state index contributed by atoms with van der Waals surface area (Å²) in [6.45, 7) is 1.88. The summed E-state index contributed by atoms with van der Waals surface area (Å²) in [6.07, 6.45) is 1.80. The summed E-state index contributed by atoms with van der Waals surface area (Å²) in [5.74, 6) is -0.473. The highest BCUT2D eigenvalue weighted by Crippen LogP contribution is 2.32. The quantitative estimate of drug-likeness (QED) is 0.707. The third-order valence-corrected chi connectivity index (χ3v) is 3.47. The molecule has 1 fully saturated rings. The maximum Gasteiger partial charge on any atom is 0.320 e. The minimum absolute atomic E-state index is 0.0371. The maximum atomic E-state index is 11.9. The first kappa shape index (κ1) is 15.3. The Kier molecular flexibility index (Phi) is 4.80. The van der Waals surface area contributed by atoms with Crippen LogP contribution in [0.3, 0.4) is 0 Å². The number of carboxylic acids is 1. The van der Waals surface area contributed by atoms with Gasteiger partial charge in [0.1, 0.15) is 11.8 Å². The van der Waals surface area contributed by atoms with Gasteiger partial charge >= 0.3 is 5.97 Å². The van der Waals surface area contributed by atoms with Crippen LogP contribution in [-0.4, -0.2) is 36.7 Å². The van der Waals surface area contributed by atoms with Gasteiger partial charge in [-0.25, -0.2) is 0 Å². The topological polar surface area (TPSA) is 87.7 Å². The number of aryl methyl sites for hydroxylation is 1. The third kappa shape index (κ3) is 4.19. The zero-order chi connectivity index (χ0) is 15.4. The van der Waals surface area contributed by atoms with Gasteiger partial charge < -0.3 is 15.2 Å². The highest BCUT2D eigenvalue weighted by molar-refractivity contribution is 5.94. The molecule has 0 aromatic heterocycles. The molecule has 114 valence electrons. The van der Waals surface area contributed by atoms with Crippen molar-refractivity contribution in [2.24, 2.45) is 5.92 Å². The van der Waals surface area contributed by atoms with E-state index >= 15 is 0 Å². The Balaban J connectivity index is 1.92. The molecule has 1 aromatic rings. The monoisotopic (exact) mass is 292 g/mol. The second-order valence-corrected chi connectivity index (χ2v) is 5.29. The predicted molar refractivity (Wildman–Crippen MR) is 78.5 cm³/mol. The van der Waals surface area contributed by atoms with Crippen molar-refractivity contribution < 1.29 is 19.4 Å². The molecular formula is C15H20N2O4. The SMILES string of the molecule is COc1ccc(C)cc1NC(=O)CNC(C(=O)O)C1CC1. The van der Waals surface area contributed by atoms with E-state index in [4.69, 9.17) is 9.84 Å². The van der Waals surface area contributed by atoms with Gasteiger partial charge in [-0.05, 0) is 43.4 Å². The van der Waals surface area contributed by atoms with Crippen molar-refractivity contribution in [3.8, 4) is 5.75 Å². The van der Waals surface area contributed by atoms with E-state index in [0.717, 1.165) is 18.4 Å². The van der Waals surface area contributed by atoms with Crippen molar-refractivity contribution in [3.63, 3.8) is 0 Å². The van der Waals surface area contributed by atoms with Crippen LogP contribution in [0.5, 0.6) is 5.75 Å². The van der Waals surface area contributed by atoms with Crippen LogP contribution in [0.4, 0.5) is 5.69 Å². The molecule has 1 aromatic carbocycles. The lowest BCUT2D eigenvalue weighted by atomic mass is 10.2. The number of aliphatic carboxylic acids is 1. The number of nitrogens with one attached hydrogen (secondary N) is 2. The molecule has 0 spiro atoms. The van der Waals surface area contributed by atoms with E-state index in [9.17, 15) is 9.59 Å². The van der Waals surface area contributed by atoms with Crippen molar-refractivity contribution in [1.29, 1.82) is 0 Å². The van der Waals surface area contributed by atoms with Crippen molar-refractivity contribution in [2.45, 2.75) is 25.8 Å². The molecule has 0 bridgehead atoms. The Bertz CT molecular complexity index is 540. The van der Waals surface area contributed by atoms with E-state index in [1.54, 1.807) is 6.07 Å². The number of carboxylic acid groups (broad SMARTS) is 1. The first-order valence-corrected chi connectivity index (χ1v) is 6.92. The average Bonchev–Trinajstić information content (AvgIpc) is 3.23. The summed E-state index contributed by atoms with van der Waals surface area (Å²) in [5.41, 5.74) is 1.59. The van der Waals surface area contributed by atoms with Gasteiger partial charge in [-0.15, -0.1) is 0 Å². The Hall–Kier alpha value is -2.08. The minimum atomic E-state index is -0.904. The van der Waals surface area contributed by atoms with Crippen molar-refractivity contribution >= 4 is 17.6 Å². The van der Waals surface area contributed by atoms with Gasteiger partial charge in [-0.3, -0.25) is 14.9 Å². The van der Waals surface area contributed by atoms with E-state index in [2.05, 4.69) is 10.6 Å². The van der Waals surface area contributed by atoms with E-state index in [-0.39, 0.29) is 18.4 Å². The summed E-state index contributed by atoms with van der Waals surface area (Å²) in [6, 6.07) is 4.84. The van der Waals surface area contributed by atoms with Crippen molar-refractivity contribution in [3.05, 3.63) is 23.8 Å². The van der Waals surface area contributed by atoms with Gasteiger partial charge in [0.2, 0.25) is 5.91 Å². The number of hydrogen-bond acceptors (Lipinski definition) is 4. The standard InChI is InChI=1S/C15H20N2O4/c1-9-3-6-12(21-2)11(7-9)17-13(18)8-16-14(15(19)20)10-4-5-10/h3,6-7,10,14,16H,4-5,8H2,1-2H3,(H,17,18)(H,19,20). The number of rotatable bonds is 7. The summed E-state index contributed by atoms with van der Waals surface area (Å²) in [4.78, 5) is 23.0. The molecule has 0 radical (unpaired) electrons. The highest BCUT2D eigenvalue weighted by Gasteiger charge is 2.36. The number of benzene rings is 1. The van der Waals surface area contributed by atoms with Crippen LogP contribution in [0.2, 0.25) is 0 Å². The smallest absolute Gasteiger partial charge is 0.320 e. The first-order chi connectivity index (χ1) is 10.0. The molecule has 3 N–H and O–H groups in total. The van der Waals surface area contributed by atoms with Gasteiger partial charge in [0.15, 0.2) is 0 Å². The molecular weight excluding hydrogens is 272 g/mol. The molecule has 1 aliphatic carbocycles. The molecule has 1 unspecified atom stereocenters. The van der Waals surface area contributed by atoms with Crippen molar-refractivity contribution in [1.82, 2.24) is 5.32 Å². The second-order valence-electron chi connectivity index (χ2n) is 5.29. The molecule has 21 heavy (non-hydrogen) atoms. The van der Waals surface area contributed by atoms with E-state index < -0.39 is 12.0 Å². The molecule has 0 aliphatic heterocycles. The van der Waals surface area contributed by atoms with E-state index in [1.165, 1.54) is 7.11 Å². The molecule has 1 amide bonds. The lowest BCUT2D eigenvalue weighted by Crippen LogP contribution is -2.42. The number of hydrogen-bond donors (Lipinski definition) is 3. The number of anilines is 1. The molecule has 0 heterocycles. The fraction of sp³-hybridized carbons (Fsp3) is 0.467. The Morgan fingerprint density at radius 1 is 1.43 bits per heavy atom. The molecule has 0 saturated heterocycles. The Labute approximate surface area is 123 Å². The number of amides is 1. The zero-order valence-corrected chi connectivity index (χ0v) is 12.2. The summed E-state index contributed by atoms with van der Waals surface area (Å²) < 4.78 is 5.18. The molecule has 6 heteroatoms. The predicted octanol–water partition coefficient (Wildman–Crippen LogP) is 1.39. The van der Waals surface area contributed by atoms with Gasteiger partial charge in [0.25, 0.3) is 0 Å². The number of carbonyl (C=O) groups excluding carboxylic acids is 1. The molecule has 6 nitrogen and oxygen atoms in total. The number of ether oxygens (including phenoxy) is 1. The van der Waals surface area contributed by atoms with Gasteiger partial charge in [0.05, 0.1) is 19.3 Å². The normalized spacial score (nSPS) is 15.3. The van der Waals surface area contributed by atoms with Crippen LogP contribution in [0.1, 0.15) is 18.4 Å². The summed E-state index contributed by atoms with van der Waals surface area (Å²) in [7, 11) is 1.53. The molecule has 1 aliphatic rings. The molecule has 1 atom stereocenters. The number of carbonyl (C=O) groups is 2. The highest BCUT2D eigenvalue weighted by atomic mass is 16.5. The van der Waals surface area contributed by atoms with Gasteiger partial charge in [0, 0.05) is 0 Å². The maximum absolute atomic E-state index is 11.9. The van der Waals surface area contributed by atoms with Gasteiger partial charge in [-0.1, -0.05) is 6.07 Å². The minimum Gasteiger partial charge on any atom is -0.495 e. The van der Waals surface area contributed by atoms with Crippen molar-refractivity contribution in [2.75, 3.05) is 19.0 Å². The zero-order valence-electron chi connectivity index (χ0n) is 12.2. The van der Waals surface area contributed by atoms with Gasteiger partial charge in [-0.2, -0.15) is 0 Å². The largest absolute Gasteiger partial charge is 0.495 e. The van der Waals surface area contributed by atoms with Crippen LogP contribution in [0.25, 0.3) is 0 Å². The fourth-order valence-electron chi connectivity index (χ4n) is 2.20. The first-order valence-electron chi connectivity index (χ1n) is 6.92. The molecule has 2 rings (SSSR count). The summed E-state index contributed by atoms with van der Waals surface area (Å²) in [5, 5.41) is 14.6. The lowest BCUT2D eigenvalue weighted by Gasteiger charge is -2.14. The van der Waals surface area contributed by atoms with Crippen LogP contribution < -0.4 is 15.4 Å². The summed E-state index contributed by atoms with van der Waals surface area (Å²) >= 11 is 0. The second kappa shape index (κ2) is 6.58. The average molecular weight is 292 g/mol. The fourth-order valence-corrected chi connectivity index (χ4v) is 2.20. The van der Waals surface area contributed by atoms with E-state index in [1.807, 2.05) is 19.1 Å². The third-order valence-electron chi connectivity index (χ3n) is 3.47. The Morgan fingerprint density at radius 2 is 2.14 bits per heavy atom. The van der Waals surface area contributed by atoms with Crippen LogP contribution in [0, 0.1) is 12.8 Å².